The van der Waals surface area contributed by atoms with Crippen LogP contribution < -0.4 is 5.73 Å². The van der Waals surface area contributed by atoms with E-state index in [1.165, 1.54) is 4.31 Å². The van der Waals surface area contributed by atoms with Crippen molar-refractivity contribution < 1.29 is 13.2 Å². The molecule has 0 bridgehead atoms. The molecule has 112 valence electrons. The van der Waals surface area contributed by atoms with Crippen LogP contribution in [-0.4, -0.2) is 39.0 Å². The van der Waals surface area contributed by atoms with E-state index in [4.69, 9.17) is 10.5 Å². The summed E-state index contributed by atoms with van der Waals surface area (Å²) in [4.78, 5) is 0.273. The molecule has 0 aliphatic carbocycles. The fourth-order valence-corrected chi connectivity index (χ4v) is 4.66. The van der Waals surface area contributed by atoms with Gasteiger partial charge in [0.2, 0.25) is 10.0 Å². The SMILES string of the molecule is CN(C1CCOCC1)S(=O)(=O)c1cc(CN)ccc1Br. The zero-order valence-corrected chi connectivity index (χ0v) is 13.8. The van der Waals surface area contributed by atoms with Gasteiger partial charge >= 0.3 is 0 Å². The lowest BCUT2D eigenvalue weighted by molar-refractivity contribution is 0.0632. The second-order valence-electron chi connectivity index (χ2n) is 4.83. The van der Waals surface area contributed by atoms with E-state index >= 15 is 0 Å². The van der Waals surface area contributed by atoms with Gasteiger partial charge in [0.05, 0.1) is 4.90 Å². The first-order chi connectivity index (χ1) is 9.46. The molecule has 2 N–H and O–H groups in total. The summed E-state index contributed by atoms with van der Waals surface area (Å²) < 4.78 is 32.8. The van der Waals surface area contributed by atoms with Crippen LogP contribution in [-0.2, 0) is 21.3 Å². The predicted molar refractivity (Wildman–Crippen MR) is 80.8 cm³/mol. The molecule has 0 radical (unpaired) electrons. The number of hydrogen-bond acceptors (Lipinski definition) is 4. The monoisotopic (exact) mass is 362 g/mol. The van der Waals surface area contributed by atoms with Gasteiger partial charge in [0.15, 0.2) is 0 Å². The van der Waals surface area contributed by atoms with Gasteiger partial charge < -0.3 is 10.5 Å². The lowest BCUT2D eigenvalue weighted by atomic mass is 10.1. The Morgan fingerprint density at radius 3 is 2.65 bits per heavy atom. The third kappa shape index (κ3) is 3.23. The maximum Gasteiger partial charge on any atom is 0.244 e. The predicted octanol–water partition coefficient (Wildman–Crippen LogP) is 1.71. The highest BCUT2D eigenvalue weighted by molar-refractivity contribution is 9.10. The van der Waals surface area contributed by atoms with E-state index in [-0.39, 0.29) is 10.9 Å². The van der Waals surface area contributed by atoms with Gasteiger partial charge in [-0.2, -0.15) is 4.31 Å². The fourth-order valence-electron chi connectivity index (χ4n) is 2.27. The molecule has 2 rings (SSSR count). The average molecular weight is 363 g/mol. The van der Waals surface area contributed by atoms with E-state index in [0.29, 0.717) is 24.2 Å². The number of nitrogens with two attached hydrogens (primary N) is 1. The standard InChI is InChI=1S/C13H19BrN2O3S/c1-16(11-4-6-19-7-5-11)20(17,18)13-8-10(9-15)2-3-12(13)14/h2-3,8,11H,4-7,9,15H2,1H3. The van der Waals surface area contributed by atoms with Gasteiger partial charge in [-0.25, -0.2) is 8.42 Å². The van der Waals surface area contributed by atoms with Crippen LogP contribution in [0.5, 0.6) is 0 Å². The maximum atomic E-state index is 12.7. The summed E-state index contributed by atoms with van der Waals surface area (Å²) in [6.07, 6.45) is 1.45. The molecule has 0 aromatic heterocycles. The van der Waals surface area contributed by atoms with E-state index in [2.05, 4.69) is 15.9 Å². The minimum Gasteiger partial charge on any atom is -0.381 e. The molecule has 5 nitrogen and oxygen atoms in total. The van der Waals surface area contributed by atoms with Crippen molar-refractivity contribution in [3.05, 3.63) is 28.2 Å². The number of rotatable bonds is 4. The number of hydrogen-bond donors (Lipinski definition) is 1. The third-order valence-corrected chi connectivity index (χ3v) is 6.50. The Morgan fingerprint density at radius 1 is 1.40 bits per heavy atom. The zero-order chi connectivity index (χ0) is 14.8. The van der Waals surface area contributed by atoms with E-state index in [0.717, 1.165) is 18.4 Å². The van der Waals surface area contributed by atoms with Crippen molar-refractivity contribution in [1.82, 2.24) is 4.31 Å². The Balaban J connectivity index is 2.33. The number of ether oxygens (including phenoxy) is 1. The summed E-state index contributed by atoms with van der Waals surface area (Å²) in [5, 5.41) is 0. The van der Waals surface area contributed by atoms with Crippen LogP contribution in [0.4, 0.5) is 0 Å². The molecular weight excluding hydrogens is 344 g/mol. The fraction of sp³-hybridized carbons (Fsp3) is 0.538. The van der Waals surface area contributed by atoms with Crippen LogP contribution in [0.25, 0.3) is 0 Å². The molecule has 7 heteroatoms. The number of halogens is 1. The molecule has 0 atom stereocenters. The van der Waals surface area contributed by atoms with Crippen LogP contribution in [0.15, 0.2) is 27.6 Å². The molecule has 0 spiro atoms. The van der Waals surface area contributed by atoms with E-state index < -0.39 is 10.0 Å². The quantitative estimate of drug-likeness (QED) is 0.884. The summed E-state index contributed by atoms with van der Waals surface area (Å²) >= 11 is 3.32. The normalized spacial score (nSPS) is 17.6. The topological polar surface area (TPSA) is 72.6 Å². The first-order valence-corrected chi connectivity index (χ1v) is 8.74. The molecule has 1 aliphatic heterocycles. The Labute approximate surface area is 128 Å². The van der Waals surface area contributed by atoms with Gasteiger partial charge in [0, 0.05) is 37.3 Å². The largest absolute Gasteiger partial charge is 0.381 e. The Kier molecular flexibility index (Phi) is 5.19. The summed E-state index contributed by atoms with van der Waals surface area (Å²) in [6.45, 7) is 1.53. The van der Waals surface area contributed by atoms with Gasteiger partial charge in [-0.1, -0.05) is 6.07 Å². The number of sulfonamides is 1. The molecule has 1 saturated heterocycles. The molecule has 1 aromatic carbocycles. The highest BCUT2D eigenvalue weighted by Crippen LogP contribution is 2.28. The minimum absolute atomic E-state index is 0.0119. The smallest absolute Gasteiger partial charge is 0.244 e. The van der Waals surface area contributed by atoms with Gasteiger partial charge in [0.25, 0.3) is 0 Å². The zero-order valence-electron chi connectivity index (χ0n) is 11.4. The molecule has 0 amide bonds. The lowest BCUT2D eigenvalue weighted by Crippen LogP contribution is -2.40. The van der Waals surface area contributed by atoms with Crippen molar-refractivity contribution in [2.75, 3.05) is 20.3 Å². The molecule has 1 aromatic rings. The summed E-state index contributed by atoms with van der Waals surface area (Å²) in [7, 11) is -1.89. The summed E-state index contributed by atoms with van der Waals surface area (Å²) in [6, 6.07) is 5.17. The second-order valence-corrected chi connectivity index (χ2v) is 7.65. The number of benzene rings is 1. The Hall–Kier alpha value is -0.470. The number of nitrogens with zero attached hydrogens (tertiary/aromatic N) is 1. The lowest BCUT2D eigenvalue weighted by Gasteiger charge is -2.30. The highest BCUT2D eigenvalue weighted by Gasteiger charge is 2.30. The molecule has 20 heavy (non-hydrogen) atoms. The Morgan fingerprint density at radius 2 is 2.05 bits per heavy atom. The van der Waals surface area contributed by atoms with Crippen molar-refractivity contribution in [3.63, 3.8) is 0 Å². The molecule has 1 aliphatic rings. The third-order valence-electron chi connectivity index (χ3n) is 3.59. The maximum absolute atomic E-state index is 12.7. The molecule has 1 fully saturated rings. The first-order valence-electron chi connectivity index (χ1n) is 6.51. The van der Waals surface area contributed by atoms with Crippen molar-refractivity contribution >= 4 is 26.0 Å². The van der Waals surface area contributed by atoms with E-state index in [1.54, 1.807) is 19.2 Å². The summed E-state index contributed by atoms with van der Waals surface area (Å²) in [5.41, 5.74) is 6.39. The van der Waals surface area contributed by atoms with Crippen molar-refractivity contribution in [1.29, 1.82) is 0 Å². The minimum atomic E-state index is -3.53. The van der Waals surface area contributed by atoms with Gasteiger partial charge in [-0.05, 0) is 46.5 Å². The molecular formula is C13H19BrN2O3S. The highest BCUT2D eigenvalue weighted by atomic mass is 79.9. The first kappa shape index (κ1) is 15.9. The van der Waals surface area contributed by atoms with Crippen LogP contribution >= 0.6 is 15.9 Å². The van der Waals surface area contributed by atoms with Crippen molar-refractivity contribution in [2.45, 2.75) is 30.3 Å². The average Bonchev–Trinajstić information content (AvgIpc) is 2.47. The van der Waals surface area contributed by atoms with Gasteiger partial charge in [0.1, 0.15) is 0 Å². The van der Waals surface area contributed by atoms with Crippen LogP contribution in [0, 0.1) is 0 Å². The van der Waals surface area contributed by atoms with E-state index in [1.807, 2.05) is 6.07 Å². The Bertz CT molecular complexity index is 571. The molecule has 1 heterocycles. The van der Waals surface area contributed by atoms with Crippen LogP contribution in [0.3, 0.4) is 0 Å². The molecule has 0 saturated carbocycles. The van der Waals surface area contributed by atoms with Crippen molar-refractivity contribution in [2.24, 2.45) is 5.73 Å². The molecule has 0 unspecified atom stereocenters. The summed E-state index contributed by atoms with van der Waals surface area (Å²) in [5.74, 6) is 0. The van der Waals surface area contributed by atoms with Crippen LogP contribution in [0.2, 0.25) is 0 Å². The van der Waals surface area contributed by atoms with Gasteiger partial charge in [-0.3, -0.25) is 0 Å². The van der Waals surface area contributed by atoms with Crippen LogP contribution in [0.1, 0.15) is 18.4 Å². The second kappa shape index (κ2) is 6.53. The van der Waals surface area contributed by atoms with E-state index in [9.17, 15) is 8.42 Å². The van der Waals surface area contributed by atoms with Crippen molar-refractivity contribution in [3.8, 4) is 0 Å². The van der Waals surface area contributed by atoms with Gasteiger partial charge in [-0.15, -0.1) is 0 Å².